The molecule has 0 unspecified atom stereocenters. The Hall–Kier alpha value is -1.77. The predicted molar refractivity (Wildman–Crippen MR) is 53.0 cm³/mol. The van der Waals surface area contributed by atoms with Crippen LogP contribution in [0.1, 0.15) is 5.56 Å². The summed E-state index contributed by atoms with van der Waals surface area (Å²) in [5, 5.41) is 4.23. The largest absolute Gasteiger partial charge is 0.488 e. The van der Waals surface area contributed by atoms with E-state index in [4.69, 9.17) is 4.74 Å². The molecule has 1 aliphatic rings. The minimum Gasteiger partial charge on any atom is -0.488 e. The van der Waals surface area contributed by atoms with E-state index in [9.17, 15) is 0 Å². The lowest BCUT2D eigenvalue weighted by atomic mass is 10.1. The predicted octanol–water partition coefficient (Wildman–Crippen LogP) is 1.98. The first-order valence-corrected chi connectivity index (χ1v) is 4.59. The second kappa shape index (κ2) is 2.61. The van der Waals surface area contributed by atoms with Crippen molar-refractivity contribution >= 4 is 0 Å². The number of rotatable bonds is 0. The molecule has 0 bridgehead atoms. The van der Waals surface area contributed by atoms with Crippen molar-refractivity contribution in [2.24, 2.45) is 7.05 Å². The van der Waals surface area contributed by atoms with Gasteiger partial charge in [0.25, 0.3) is 0 Å². The number of benzene rings is 1. The summed E-state index contributed by atoms with van der Waals surface area (Å²) in [4.78, 5) is 0. The maximum absolute atomic E-state index is 5.61. The molecule has 0 saturated heterocycles. The van der Waals surface area contributed by atoms with Crippen molar-refractivity contribution in [2.45, 2.75) is 6.61 Å². The van der Waals surface area contributed by atoms with Crippen LogP contribution in [-0.4, -0.2) is 9.78 Å². The van der Waals surface area contributed by atoms with Gasteiger partial charge >= 0.3 is 0 Å². The molecule has 0 saturated carbocycles. The molecule has 1 aromatic carbocycles. The van der Waals surface area contributed by atoms with Crippen LogP contribution >= 0.6 is 0 Å². The Morgan fingerprint density at radius 3 is 3.14 bits per heavy atom. The lowest BCUT2D eigenvalue weighted by Gasteiger charge is -2.17. The van der Waals surface area contributed by atoms with E-state index in [0.717, 1.165) is 16.9 Å². The summed E-state index contributed by atoms with van der Waals surface area (Å²) in [7, 11) is 1.96. The van der Waals surface area contributed by atoms with Crippen LogP contribution in [-0.2, 0) is 13.7 Å². The Labute approximate surface area is 81.9 Å². The number of fused-ring (bicyclic) bond motifs is 3. The van der Waals surface area contributed by atoms with Gasteiger partial charge in [-0.2, -0.15) is 5.10 Å². The number of aromatic nitrogens is 2. The van der Waals surface area contributed by atoms with Crippen LogP contribution in [0.25, 0.3) is 11.3 Å². The lowest BCUT2D eigenvalue weighted by molar-refractivity contribution is 0.302. The van der Waals surface area contributed by atoms with Crippen LogP contribution in [0.3, 0.4) is 0 Å². The molecular weight excluding hydrogens is 176 g/mol. The molecule has 3 nitrogen and oxygen atoms in total. The average Bonchev–Trinajstić information content (AvgIpc) is 2.61. The van der Waals surface area contributed by atoms with Gasteiger partial charge in [-0.3, -0.25) is 4.68 Å². The van der Waals surface area contributed by atoms with Gasteiger partial charge in [-0.25, -0.2) is 0 Å². The van der Waals surface area contributed by atoms with Gasteiger partial charge in [0.05, 0.1) is 11.9 Å². The van der Waals surface area contributed by atoms with Crippen molar-refractivity contribution in [3.63, 3.8) is 0 Å². The van der Waals surface area contributed by atoms with Gasteiger partial charge in [0.1, 0.15) is 12.4 Å². The number of aryl methyl sites for hydroxylation is 1. The van der Waals surface area contributed by atoms with Gasteiger partial charge in [0.15, 0.2) is 0 Å². The second-order valence-corrected chi connectivity index (χ2v) is 3.43. The van der Waals surface area contributed by atoms with Crippen LogP contribution in [0.2, 0.25) is 0 Å². The third-order valence-corrected chi connectivity index (χ3v) is 2.54. The Balaban J connectivity index is 2.32. The fraction of sp³-hybridized carbons (Fsp3) is 0.182. The summed E-state index contributed by atoms with van der Waals surface area (Å²) in [6.45, 7) is 0.625. The molecule has 0 atom stereocenters. The summed E-state index contributed by atoms with van der Waals surface area (Å²) in [5.74, 6) is 0.948. The Morgan fingerprint density at radius 1 is 1.36 bits per heavy atom. The summed E-state index contributed by atoms with van der Waals surface area (Å²) in [6.07, 6.45) is 1.87. The smallest absolute Gasteiger partial charge is 0.129 e. The van der Waals surface area contributed by atoms with E-state index in [0.29, 0.717) is 6.61 Å². The highest BCUT2D eigenvalue weighted by atomic mass is 16.5. The number of hydrogen-bond donors (Lipinski definition) is 0. The van der Waals surface area contributed by atoms with Crippen molar-refractivity contribution in [1.82, 2.24) is 9.78 Å². The summed E-state index contributed by atoms with van der Waals surface area (Å²) >= 11 is 0. The number of para-hydroxylation sites is 1. The Morgan fingerprint density at radius 2 is 2.21 bits per heavy atom. The molecule has 3 heteroatoms. The normalized spacial score (nSPS) is 12.9. The topological polar surface area (TPSA) is 27.1 Å². The summed E-state index contributed by atoms with van der Waals surface area (Å²) in [6, 6.07) is 8.06. The van der Waals surface area contributed by atoms with Crippen LogP contribution in [0.5, 0.6) is 5.75 Å². The van der Waals surface area contributed by atoms with Crippen LogP contribution < -0.4 is 4.74 Å². The van der Waals surface area contributed by atoms with Crippen molar-refractivity contribution in [1.29, 1.82) is 0 Å². The molecule has 70 valence electrons. The molecular formula is C11H10N2O. The van der Waals surface area contributed by atoms with Gasteiger partial charge in [-0.1, -0.05) is 12.1 Å². The standard InChI is InChI=1S/C11H10N2O/c1-13-11-8(6-12-13)7-14-10-5-3-2-4-9(10)11/h2-6H,7H2,1H3. The van der Waals surface area contributed by atoms with Crippen LogP contribution in [0, 0.1) is 0 Å². The molecule has 2 aromatic rings. The molecule has 14 heavy (non-hydrogen) atoms. The summed E-state index contributed by atoms with van der Waals surface area (Å²) < 4.78 is 7.51. The van der Waals surface area contributed by atoms with E-state index >= 15 is 0 Å². The molecule has 1 aliphatic heterocycles. The van der Waals surface area contributed by atoms with Gasteiger partial charge in [0, 0.05) is 18.2 Å². The van der Waals surface area contributed by atoms with Gasteiger partial charge < -0.3 is 4.74 Å². The van der Waals surface area contributed by atoms with Crippen molar-refractivity contribution < 1.29 is 4.74 Å². The molecule has 0 N–H and O–H groups in total. The van der Waals surface area contributed by atoms with Crippen molar-refractivity contribution in [3.05, 3.63) is 36.0 Å². The molecule has 2 heterocycles. The first-order chi connectivity index (χ1) is 6.86. The maximum atomic E-state index is 5.61. The maximum Gasteiger partial charge on any atom is 0.129 e. The monoisotopic (exact) mass is 186 g/mol. The molecule has 0 amide bonds. The number of hydrogen-bond acceptors (Lipinski definition) is 2. The molecule has 1 aromatic heterocycles. The van der Waals surface area contributed by atoms with Crippen LogP contribution in [0.4, 0.5) is 0 Å². The van der Waals surface area contributed by atoms with E-state index in [-0.39, 0.29) is 0 Å². The highest BCUT2D eigenvalue weighted by molar-refractivity contribution is 5.71. The van der Waals surface area contributed by atoms with E-state index in [1.54, 1.807) is 0 Å². The molecule has 3 rings (SSSR count). The Bertz CT molecular complexity index is 488. The SMILES string of the molecule is Cn1ncc2c1-c1ccccc1OC2. The van der Waals surface area contributed by atoms with Gasteiger partial charge in [-0.15, -0.1) is 0 Å². The zero-order valence-corrected chi connectivity index (χ0v) is 7.90. The number of nitrogens with zero attached hydrogens (tertiary/aromatic N) is 2. The fourth-order valence-electron chi connectivity index (χ4n) is 1.88. The molecule has 0 aliphatic carbocycles. The minimum absolute atomic E-state index is 0.625. The first kappa shape index (κ1) is 7.62. The first-order valence-electron chi connectivity index (χ1n) is 4.59. The van der Waals surface area contributed by atoms with E-state index in [2.05, 4.69) is 11.2 Å². The zero-order chi connectivity index (χ0) is 9.54. The average molecular weight is 186 g/mol. The van der Waals surface area contributed by atoms with E-state index in [1.807, 2.05) is 36.1 Å². The fourth-order valence-corrected chi connectivity index (χ4v) is 1.88. The van der Waals surface area contributed by atoms with Crippen molar-refractivity contribution in [2.75, 3.05) is 0 Å². The van der Waals surface area contributed by atoms with Crippen molar-refractivity contribution in [3.8, 4) is 17.0 Å². The zero-order valence-electron chi connectivity index (χ0n) is 7.90. The molecule has 0 spiro atoms. The summed E-state index contributed by atoms with van der Waals surface area (Å²) in [5.41, 5.74) is 3.46. The quantitative estimate of drug-likeness (QED) is 0.629. The van der Waals surface area contributed by atoms with Crippen LogP contribution in [0.15, 0.2) is 30.5 Å². The Kier molecular flexibility index (Phi) is 1.42. The minimum atomic E-state index is 0.625. The van der Waals surface area contributed by atoms with E-state index < -0.39 is 0 Å². The van der Waals surface area contributed by atoms with Gasteiger partial charge in [-0.05, 0) is 12.1 Å². The van der Waals surface area contributed by atoms with Gasteiger partial charge in [0.2, 0.25) is 0 Å². The van der Waals surface area contributed by atoms with E-state index in [1.165, 1.54) is 5.69 Å². The molecule has 0 radical (unpaired) electrons. The third kappa shape index (κ3) is 0.894. The second-order valence-electron chi connectivity index (χ2n) is 3.43. The molecule has 0 fully saturated rings. The number of ether oxygens (including phenoxy) is 1. The highest BCUT2D eigenvalue weighted by Gasteiger charge is 2.19. The highest BCUT2D eigenvalue weighted by Crippen LogP contribution is 2.36. The lowest BCUT2D eigenvalue weighted by Crippen LogP contribution is -2.06. The third-order valence-electron chi connectivity index (χ3n) is 2.54.